The van der Waals surface area contributed by atoms with Crippen molar-refractivity contribution in [1.29, 1.82) is 0 Å². The maximum Gasteiger partial charge on any atom is 0.0726 e. The molecule has 0 aromatic carbocycles. The highest BCUT2D eigenvalue weighted by molar-refractivity contribution is 4.84. The van der Waals surface area contributed by atoms with Crippen molar-refractivity contribution in [2.75, 3.05) is 6.61 Å². The molecule has 1 N–H and O–H groups in total. The molecule has 0 spiro atoms. The molecule has 2 heteroatoms. The zero-order valence-corrected chi connectivity index (χ0v) is 9.46. The molecule has 1 aliphatic carbocycles. The van der Waals surface area contributed by atoms with Crippen LogP contribution in [-0.4, -0.2) is 24.8 Å². The largest absolute Gasteiger partial charge is 0.377 e. The standard InChI is InChI=1S/C12H23NO/c1-9-5-6-11(8-9)13-10(2)12-4-3-7-14-12/h9-13H,3-8H2,1-2H3. The smallest absolute Gasteiger partial charge is 0.0726 e. The van der Waals surface area contributed by atoms with E-state index in [4.69, 9.17) is 4.74 Å². The lowest BCUT2D eigenvalue weighted by molar-refractivity contribution is 0.0798. The molecule has 1 saturated heterocycles. The summed E-state index contributed by atoms with van der Waals surface area (Å²) in [6.07, 6.45) is 7.09. The van der Waals surface area contributed by atoms with E-state index in [2.05, 4.69) is 19.2 Å². The van der Waals surface area contributed by atoms with Gasteiger partial charge in [-0.3, -0.25) is 0 Å². The molecule has 2 nitrogen and oxygen atoms in total. The number of hydrogen-bond donors (Lipinski definition) is 1. The van der Waals surface area contributed by atoms with Gasteiger partial charge in [-0.2, -0.15) is 0 Å². The van der Waals surface area contributed by atoms with Gasteiger partial charge in [0, 0.05) is 18.7 Å². The maximum atomic E-state index is 5.69. The van der Waals surface area contributed by atoms with Gasteiger partial charge in [0.15, 0.2) is 0 Å². The van der Waals surface area contributed by atoms with E-state index in [9.17, 15) is 0 Å². The van der Waals surface area contributed by atoms with Gasteiger partial charge >= 0.3 is 0 Å². The Balaban J connectivity index is 1.73. The zero-order valence-electron chi connectivity index (χ0n) is 9.46. The predicted molar refractivity (Wildman–Crippen MR) is 58.4 cm³/mol. The molecule has 1 heterocycles. The molecular formula is C12H23NO. The van der Waals surface area contributed by atoms with Crippen molar-refractivity contribution >= 4 is 0 Å². The Kier molecular flexibility index (Phi) is 3.45. The van der Waals surface area contributed by atoms with Crippen LogP contribution in [0.5, 0.6) is 0 Å². The molecule has 0 bridgehead atoms. The third kappa shape index (κ3) is 2.48. The molecule has 0 amide bonds. The third-order valence-electron chi connectivity index (χ3n) is 3.72. The van der Waals surface area contributed by atoms with Gasteiger partial charge in [0.25, 0.3) is 0 Å². The second kappa shape index (κ2) is 4.63. The molecule has 4 atom stereocenters. The summed E-state index contributed by atoms with van der Waals surface area (Å²) in [5.41, 5.74) is 0. The van der Waals surface area contributed by atoms with E-state index < -0.39 is 0 Å². The normalized spacial score (nSPS) is 40.3. The van der Waals surface area contributed by atoms with Gasteiger partial charge in [-0.25, -0.2) is 0 Å². The summed E-state index contributed by atoms with van der Waals surface area (Å²) < 4.78 is 5.69. The average Bonchev–Trinajstić information content (AvgIpc) is 2.75. The summed E-state index contributed by atoms with van der Waals surface area (Å²) >= 11 is 0. The maximum absolute atomic E-state index is 5.69. The molecule has 0 aromatic heterocycles. The van der Waals surface area contributed by atoms with E-state index in [1.807, 2.05) is 0 Å². The quantitative estimate of drug-likeness (QED) is 0.750. The minimum absolute atomic E-state index is 0.478. The Labute approximate surface area is 87.4 Å². The summed E-state index contributed by atoms with van der Waals surface area (Å²) in [5, 5.41) is 3.73. The highest BCUT2D eigenvalue weighted by Crippen LogP contribution is 2.26. The van der Waals surface area contributed by atoms with Gasteiger partial charge in [-0.05, 0) is 44.9 Å². The van der Waals surface area contributed by atoms with Crippen molar-refractivity contribution in [3.8, 4) is 0 Å². The first kappa shape index (κ1) is 10.4. The zero-order chi connectivity index (χ0) is 9.97. The van der Waals surface area contributed by atoms with Crippen molar-refractivity contribution < 1.29 is 4.74 Å². The number of nitrogens with one attached hydrogen (secondary N) is 1. The Morgan fingerprint density at radius 3 is 2.71 bits per heavy atom. The SMILES string of the molecule is CC1CCC(NC(C)C2CCCO2)C1. The van der Waals surface area contributed by atoms with Crippen LogP contribution in [0.15, 0.2) is 0 Å². The van der Waals surface area contributed by atoms with Gasteiger partial charge in [0.1, 0.15) is 0 Å². The van der Waals surface area contributed by atoms with Crippen molar-refractivity contribution in [3.05, 3.63) is 0 Å². The van der Waals surface area contributed by atoms with Crippen molar-refractivity contribution in [2.24, 2.45) is 5.92 Å². The minimum Gasteiger partial charge on any atom is -0.377 e. The molecule has 2 fully saturated rings. The summed E-state index contributed by atoms with van der Waals surface area (Å²) in [7, 11) is 0. The minimum atomic E-state index is 0.478. The second-order valence-electron chi connectivity index (χ2n) is 5.12. The molecule has 2 aliphatic rings. The van der Waals surface area contributed by atoms with Crippen LogP contribution in [0.1, 0.15) is 46.0 Å². The topological polar surface area (TPSA) is 21.3 Å². The molecule has 0 aromatic rings. The highest BCUT2D eigenvalue weighted by Gasteiger charge is 2.27. The van der Waals surface area contributed by atoms with Gasteiger partial charge < -0.3 is 10.1 Å². The van der Waals surface area contributed by atoms with Gasteiger partial charge in [-0.1, -0.05) is 6.92 Å². The molecule has 0 radical (unpaired) electrons. The molecule has 4 unspecified atom stereocenters. The van der Waals surface area contributed by atoms with E-state index >= 15 is 0 Å². The van der Waals surface area contributed by atoms with Crippen molar-refractivity contribution in [1.82, 2.24) is 5.32 Å². The van der Waals surface area contributed by atoms with E-state index in [0.717, 1.165) is 18.6 Å². The van der Waals surface area contributed by atoms with Crippen LogP contribution in [0.4, 0.5) is 0 Å². The van der Waals surface area contributed by atoms with Crippen molar-refractivity contribution in [2.45, 2.75) is 64.1 Å². The van der Waals surface area contributed by atoms with Crippen LogP contribution in [-0.2, 0) is 4.74 Å². The van der Waals surface area contributed by atoms with Gasteiger partial charge in [0.05, 0.1) is 6.10 Å². The molecule has 14 heavy (non-hydrogen) atoms. The molecule has 1 saturated carbocycles. The van der Waals surface area contributed by atoms with Crippen LogP contribution >= 0.6 is 0 Å². The lowest BCUT2D eigenvalue weighted by atomic mass is 10.1. The van der Waals surface area contributed by atoms with E-state index in [1.165, 1.54) is 32.1 Å². The van der Waals surface area contributed by atoms with Gasteiger partial charge in [0.2, 0.25) is 0 Å². The fraction of sp³-hybridized carbons (Fsp3) is 1.00. The molecule has 2 rings (SSSR count). The lowest BCUT2D eigenvalue weighted by Crippen LogP contribution is -2.42. The first-order valence-corrected chi connectivity index (χ1v) is 6.13. The monoisotopic (exact) mass is 197 g/mol. The summed E-state index contributed by atoms with van der Waals surface area (Å²) in [4.78, 5) is 0. The third-order valence-corrected chi connectivity index (χ3v) is 3.72. The van der Waals surface area contributed by atoms with Crippen LogP contribution < -0.4 is 5.32 Å². The molecular weight excluding hydrogens is 174 g/mol. The number of ether oxygens (including phenoxy) is 1. The first-order chi connectivity index (χ1) is 6.75. The van der Waals surface area contributed by atoms with E-state index in [-0.39, 0.29) is 0 Å². The number of rotatable bonds is 3. The second-order valence-corrected chi connectivity index (χ2v) is 5.12. The fourth-order valence-corrected chi connectivity index (χ4v) is 2.83. The van der Waals surface area contributed by atoms with Crippen LogP contribution in [0.3, 0.4) is 0 Å². The van der Waals surface area contributed by atoms with Gasteiger partial charge in [-0.15, -0.1) is 0 Å². The Hall–Kier alpha value is -0.0800. The summed E-state index contributed by atoms with van der Waals surface area (Å²) in [5.74, 6) is 0.921. The predicted octanol–water partition coefficient (Wildman–Crippen LogP) is 2.33. The van der Waals surface area contributed by atoms with E-state index in [0.29, 0.717) is 12.1 Å². The van der Waals surface area contributed by atoms with Crippen molar-refractivity contribution in [3.63, 3.8) is 0 Å². The van der Waals surface area contributed by atoms with Crippen LogP contribution in [0.25, 0.3) is 0 Å². The van der Waals surface area contributed by atoms with Crippen LogP contribution in [0.2, 0.25) is 0 Å². The fourth-order valence-electron chi connectivity index (χ4n) is 2.83. The Bertz CT molecular complexity index is 177. The van der Waals surface area contributed by atoms with E-state index in [1.54, 1.807) is 0 Å². The Morgan fingerprint density at radius 1 is 1.29 bits per heavy atom. The number of hydrogen-bond acceptors (Lipinski definition) is 2. The summed E-state index contributed by atoms with van der Waals surface area (Å²) in [6, 6.07) is 1.30. The first-order valence-electron chi connectivity index (χ1n) is 6.13. The molecule has 82 valence electrons. The highest BCUT2D eigenvalue weighted by atomic mass is 16.5. The summed E-state index contributed by atoms with van der Waals surface area (Å²) in [6.45, 7) is 5.61. The average molecular weight is 197 g/mol. The Morgan fingerprint density at radius 2 is 2.14 bits per heavy atom. The molecule has 1 aliphatic heterocycles. The lowest BCUT2D eigenvalue weighted by Gasteiger charge is -2.24. The van der Waals surface area contributed by atoms with Crippen LogP contribution in [0, 0.1) is 5.92 Å².